The minimum atomic E-state index is -0.250. The summed E-state index contributed by atoms with van der Waals surface area (Å²) >= 11 is 6.67. The van der Waals surface area contributed by atoms with Crippen LogP contribution in [0.3, 0.4) is 0 Å². The maximum Gasteiger partial charge on any atom is 0.128 e. The van der Waals surface area contributed by atoms with Gasteiger partial charge in [0.1, 0.15) is 17.6 Å². The molecule has 0 saturated carbocycles. The van der Waals surface area contributed by atoms with E-state index in [2.05, 4.69) is 45.9 Å². The summed E-state index contributed by atoms with van der Waals surface area (Å²) in [4.78, 5) is 0. The molecule has 0 saturated heterocycles. The van der Waals surface area contributed by atoms with Crippen molar-refractivity contribution >= 4 is 23.0 Å². The molecule has 3 nitrogen and oxygen atoms in total. The number of nitrogens with zero attached hydrogens (tertiary/aromatic N) is 1. The van der Waals surface area contributed by atoms with Crippen molar-refractivity contribution in [1.82, 2.24) is 0 Å². The Kier molecular flexibility index (Phi) is 3.55. The number of fused-ring (bicyclic) bond motifs is 5. The molecule has 2 heterocycles. The van der Waals surface area contributed by atoms with Crippen LogP contribution in [0.4, 0.5) is 5.69 Å². The maximum absolute atomic E-state index is 9.94. The van der Waals surface area contributed by atoms with Crippen LogP contribution < -0.4 is 9.16 Å². The highest BCUT2D eigenvalue weighted by Crippen LogP contribution is 2.52. The fourth-order valence-electron chi connectivity index (χ4n) is 4.06. The zero-order valence-electron chi connectivity index (χ0n) is 14.9. The molecule has 1 atom stereocenters. The van der Waals surface area contributed by atoms with E-state index in [1.165, 1.54) is 5.57 Å². The van der Waals surface area contributed by atoms with Gasteiger partial charge in [-0.1, -0.05) is 19.1 Å². The number of benzene rings is 2. The molecule has 0 aliphatic carbocycles. The first-order chi connectivity index (χ1) is 11.8. The molecule has 2 aliphatic rings. The summed E-state index contributed by atoms with van der Waals surface area (Å²) in [5, 5.41) is 9.94. The Morgan fingerprint density at radius 1 is 1.20 bits per heavy atom. The number of allylic oxidation sites excluding steroid dienone is 1. The van der Waals surface area contributed by atoms with Gasteiger partial charge < -0.3 is 9.84 Å². The first kappa shape index (κ1) is 16.3. The average Bonchev–Trinajstić information content (AvgIpc) is 2.57. The van der Waals surface area contributed by atoms with E-state index < -0.39 is 0 Å². The lowest BCUT2D eigenvalue weighted by molar-refractivity contribution is 0.197. The van der Waals surface area contributed by atoms with E-state index in [1.54, 1.807) is 16.6 Å². The van der Waals surface area contributed by atoms with Gasteiger partial charge in [-0.3, -0.25) is 4.42 Å². The highest BCUT2D eigenvalue weighted by molar-refractivity contribution is 6.28. The van der Waals surface area contributed by atoms with Crippen molar-refractivity contribution < 1.29 is 9.84 Å². The van der Waals surface area contributed by atoms with Gasteiger partial charge in [-0.15, -0.1) is 0 Å². The average molecular weight is 356 g/mol. The summed E-state index contributed by atoms with van der Waals surface area (Å²) < 4.78 is 8.07. The Balaban J connectivity index is 2.04. The Labute approximate surface area is 153 Å². The molecule has 25 heavy (non-hydrogen) atoms. The molecule has 2 aromatic carbocycles. The molecular weight excluding hydrogens is 334 g/mol. The molecular formula is C21H22ClNO2. The first-order valence-corrected chi connectivity index (χ1v) is 9.00. The summed E-state index contributed by atoms with van der Waals surface area (Å²) in [5.41, 5.74) is 6.32. The molecule has 4 heteroatoms. The van der Waals surface area contributed by atoms with Crippen molar-refractivity contribution in [2.24, 2.45) is 0 Å². The van der Waals surface area contributed by atoms with Gasteiger partial charge in [-0.05, 0) is 62.6 Å². The largest absolute Gasteiger partial charge is 0.508 e. The number of rotatable bonds is 1. The van der Waals surface area contributed by atoms with E-state index in [1.807, 2.05) is 6.07 Å². The number of ether oxygens (including phenoxy) is 1. The molecule has 0 spiro atoms. The van der Waals surface area contributed by atoms with Crippen LogP contribution in [0.1, 0.15) is 51.3 Å². The summed E-state index contributed by atoms with van der Waals surface area (Å²) in [6.07, 6.45) is 3.03. The summed E-state index contributed by atoms with van der Waals surface area (Å²) in [6.45, 7) is 8.47. The zero-order chi connectivity index (χ0) is 17.9. The summed E-state index contributed by atoms with van der Waals surface area (Å²) in [5.74, 6) is 1.06. The molecule has 0 radical (unpaired) electrons. The van der Waals surface area contributed by atoms with E-state index in [0.29, 0.717) is 0 Å². The van der Waals surface area contributed by atoms with Crippen molar-refractivity contribution in [3.8, 4) is 22.6 Å². The van der Waals surface area contributed by atoms with Crippen LogP contribution in [0.5, 0.6) is 11.5 Å². The van der Waals surface area contributed by atoms with E-state index in [4.69, 9.17) is 16.5 Å². The Hall–Kier alpha value is -2.13. The van der Waals surface area contributed by atoms with E-state index in [-0.39, 0.29) is 17.4 Å². The van der Waals surface area contributed by atoms with Crippen LogP contribution in [-0.4, -0.2) is 10.6 Å². The van der Waals surface area contributed by atoms with Gasteiger partial charge in [0.2, 0.25) is 0 Å². The summed E-state index contributed by atoms with van der Waals surface area (Å²) in [6, 6.07) is 9.46. The van der Waals surface area contributed by atoms with Gasteiger partial charge in [-0.25, -0.2) is 0 Å². The van der Waals surface area contributed by atoms with E-state index in [9.17, 15) is 5.11 Å². The SMILES string of the molecule is CCC1Oc2ccc(O)cc2-c2ccc3c(c21)C(C)=CC(C)(C)N3Cl. The molecule has 130 valence electrons. The Morgan fingerprint density at radius 2 is 1.96 bits per heavy atom. The second-order valence-electron chi connectivity index (χ2n) is 7.38. The molecule has 0 fully saturated rings. The molecule has 1 unspecified atom stereocenters. The highest BCUT2D eigenvalue weighted by Gasteiger charge is 2.36. The Bertz CT molecular complexity index is 901. The molecule has 0 aromatic heterocycles. The van der Waals surface area contributed by atoms with Crippen molar-refractivity contribution in [3.63, 3.8) is 0 Å². The summed E-state index contributed by atoms with van der Waals surface area (Å²) in [7, 11) is 0. The molecule has 2 aliphatic heterocycles. The van der Waals surface area contributed by atoms with Gasteiger partial charge in [0.15, 0.2) is 0 Å². The predicted octanol–water partition coefficient (Wildman–Crippen LogP) is 6.06. The van der Waals surface area contributed by atoms with E-state index >= 15 is 0 Å². The minimum Gasteiger partial charge on any atom is -0.508 e. The first-order valence-electron chi connectivity index (χ1n) is 8.66. The number of anilines is 1. The van der Waals surface area contributed by atoms with Crippen molar-refractivity contribution in [2.75, 3.05) is 4.42 Å². The topological polar surface area (TPSA) is 32.7 Å². The van der Waals surface area contributed by atoms with Gasteiger partial charge in [0, 0.05) is 28.5 Å². The van der Waals surface area contributed by atoms with Gasteiger partial charge in [0.25, 0.3) is 0 Å². The second-order valence-corrected chi connectivity index (χ2v) is 7.72. The minimum absolute atomic E-state index is 0.0309. The highest BCUT2D eigenvalue weighted by atomic mass is 35.5. The van der Waals surface area contributed by atoms with Crippen molar-refractivity contribution in [1.29, 1.82) is 0 Å². The number of aromatic hydroxyl groups is 1. The third kappa shape index (κ3) is 2.33. The lowest BCUT2D eigenvalue weighted by Crippen LogP contribution is -2.38. The number of halogens is 1. The molecule has 2 aromatic rings. The standard InChI is InChI=1S/C21H22ClNO2/c1-5-17-20-14(15-10-13(24)6-9-18(15)25-17)7-8-16-19(20)12(2)11-21(3,4)23(16)22/h6-11,17,24H,5H2,1-4H3. The van der Waals surface area contributed by atoms with Crippen LogP contribution in [0, 0.1) is 0 Å². The van der Waals surface area contributed by atoms with E-state index in [0.717, 1.165) is 40.1 Å². The van der Waals surface area contributed by atoms with Crippen LogP contribution >= 0.6 is 11.8 Å². The maximum atomic E-state index is 9.94. The quantitative estimate of drug-likeness (QED) is 0.631. The van der Waals surface area contributed by atoms with Gasteiger partial charge in [0.05, 0.1) is 11.2 Å². The van der Waals surface area contributed by atoms with Crippen LogP contribution in [-0.2, 0) is 0 Å². The van der Waals surface area contributed by atoms with Crippen molar-refractivity contribution in [2.45, 2.75) is 45.8 Å². The second kappa shape index (κ2) is 5.43. The number of hydrogen-bond donors (Lipinski definition) is 1. The van der Waals surface area contributed by atoms with Gasteiger partial charge >= 0.3 is 0 Å². The molecule has 4 rings (SSSR count). The molecule has 0 amide bonds. The third-order valence-corrected chi connectivity index (χ3v) is 5.74. The van der Waals surface area contributed by atoms with Crippen molar-refractivity contribution in [3.05, 3.63) is 47.5 Å². The monoisotopic (exact) mass is 355 g/mol. The Morgan fingerprint density at radius 3 is 2.68 bits per heavy atom. The van der Waals surface area contributed by atoms with Crippen LogP contribution in [0.25, 0.3) is 16.7 Å². The number of hydrogen-bond acceptors (Lipinski definition) is 3. The zero-order valence-corrected chi connectivity index (χ0v) is 15.7. The molecule has 1 N–H and O–H groups in total. The fourth-order valence-corrected chi connectivity index (χ4v) is 4.24. The lowest BCUT2D eigenvalue weighted by Gasteiger charge is -2.40. The van der Waals surface area contributed by atoms with Crippen LogP contribution in [0.2, 0.25) is 0 Å². The number of phenolic OH excluding ortho intramolecular Hbond substituents is 1. The smallest absolute Gasteiger partial charge is 0.128 e. The third-order valence-electron chi connectivity index (χ3n) is 5.12. The van der Waals surface area contributed by atoms with Gasteiger partial charge in [-0.2, -0.15) is 0 Å². The fraction of sp³-hybridized carbons (Fsp3) is 0.333. The number of phenols is 1. The normalized spacial score (nSPS) is 20.1. The van der Waals surface area contributed by atoms with Crippen LogP contribution in [0.15, 0.2) is 36.4 Å². The lowest BCUT2D eigenvalue weighted by atomic mass is 9.81. The molecule has 0 bridgehead atoms. The predicted molar refractivity (Wildman–Crippen MR) is 103 cm³/mol.